The molecule has 2 atom stereocenters. The highest BCUT2D eigenvalue weighted by Gasteiger charge is 2.33. The molecule has 130 valence electrons. The number of methoxy groups -OCH3 is 1. The molecule has 0 spiro atoms. The fourth-order valence-corrected chi connectivity index (χ4v) is 4.87. The van der Waals surface area contributed by atoms with Gasteiger partial charge < -0.3 is 4.74 Å². The van der Waals surface area contributed by atoms with Gasteiger partial charge in [0.2, 0.25) is 0 Å². The van der Waals surface area contributed by atoms with E-state index in [1.165, 1.54) is 0 Å². The summed E-state index contributed by atoms with van der Waals surface area (Å²) in [4.78, 5) is 4.45. The summed E-state index contributed by atoms with van der Waals surface area (Å²) in [5.41, 5.74) is 0. The zero-order chi connectivity index (χ0) is 16.4. The van der Waals surface area contributed by atoms with Crippen molar-refractivity contribution in [2.24, 2.45) is 5.92 Å². The first-order valence-electron chi connectivity index (χ1n) is 8.19. The minimum Gasteiger partial charge on any atom is -0.377 e. The lowest BCUT2D eigenvalue weighted by atomic mass is 10.0. The molecule has 3 rings (SSSR count). The summed E-state index contributed by atoms with van der Waals surface area (Å²) >= 11 is 0. The van der Waals surface area contributed by atoms with Gasteiger partial charge in [-0.25, -0.2) is 9.67 Å². The first-order chi connectivity index (χ1) is 11.0. The van der Waals surface area contributed by atoms with Crippen molar-refractivity contribution in [3.63, 3.8) is 0 Å². The van der Waals surface area contributed by atoms with Gasteiger partial charge in [-0.2, -0.15) is 22.5 Å². The molecule has 0 saturated carbocycles. The second-order valence-electron chi connectivity index (χ2n) is 6.47. The third kappa shape index (κ3) is 3.73. The molecule has 0 radical (unpaired) electrons. The lowest BCUT2D eigenvalue weighted by molar-refractivity contribution is 0.177. The third-order valence-electron chi connectivity index (χ3n) is 4.44. The number of aryl methyl sites for hydroxylation is 1. The fraction of sp³-hybridized carbons (Fsp3) is 0.857. The highest BCUT2D eigenvalue weighted by atomic mass is 32.2. The number of nitrogens with zero attached hydrogens (tertiary/aromatic N) is 4. The van der Waals surface area contributed by atoms with Crippen molar-refractivity contribution in [3.8, 4) is 0 Å². The molecule has 9 heteroatoms. The van der Waals surface area contributed by atoms with Crippen LogP contribution >= 0.6 is 0 Å². The van der Waals surface area contributed by atoms with Gasteiger partial charge in [0.15, 0.2) is 5.82 Å². The summed E-state index contributed by atoms with van der Waals surface area (Å²) in [5.74, 6) is 1.70. The number of hydrogen-bond donors (Lipinski definition) is 1. The molecule has 0 unspecified atom stereocenters. The Morgan fingerprint density at radius 2 is 2.09 bits per heavy atom. The van der Waals surface area contributed by atoms with E-state index < -0.39 is 10.2 Å². The molecule has 1 fully saturated rings. The van der Waals surface area contributed by atoms with Crippen LogP contribution < -0.4 is 4.72 Å². The number of hydrogen-bond acceptors (Lipinski definition) is 5. The number of rotatable bonds is 5. The zero-order valence-electron chi connectivity index (χ0n) is 13.7. The SMILES string of the molecule is COCc1nc2n(n1)CCC[C@H]2NS(=O)(=O)N1CCC[C@H](C)C1. The molecule has 1 aromatic heterocycles. The summed E-state index contributed by atoms with van der Waals surface area (Å²) in [7, 11) is -1.90. The van der Waals surface area contributed by atoms with E-state index in [4.69, 9.17) is 4.74 Å². The summed E-state index contributed by atoms with van der Waals surface area (Å²) in [6.07, 6.45) is 3.63. The van der Waals surface area contributed by atoms with Gasteiger partial charge in [0.1, 0.15) is 12.4 Å². The van der Waals surface area contributed by atoms with E-state index in [9.17, 15) is 8.42 Å². The topological polar surface area (TPSA) is 89.3 Å². The van der Waals surface area contributed by atoms with Crippen molar-refractivity contribution in [1.82, 2.24) is 23.8 Å². The van der Waals surface area contributed by atoms with Crippen LogP contribution in [0.3, 0.4) is 0 Å². The minimum absolute atomic E-state index is 0.316. The van der Waals surface area contributed by atoms with E-state index in [0.717, 1.165) is 32.2 Å². The van der Waals surface area contributed by atoms with E-state index in [1.807, 2.05) is 0 Å². The Balaban J connectivity index is 1.75. The molecule has 3 heterocycles. The highest BCUT2D eigenvalue weighted by molar-refractivity contribution is 7.87. The molecule has 1 N–H and O–H groups in total. The number of aromatic nitrogens is 3. The second kappa shape index (κ2) is 6.84. The third-order valence-corrected chi connectivity index (χ3v) is 6.04. The Hall–Kier alpha value is -1.03. The predicted molar refractivity (Wildman–Crippen MR) is 84.7 cm³/mol. The van der Waals surface area contributed by atoms with Crippen LogP contribution in [0, 0.1) is 5.92 Å². The van der Waals surface area contributed by atoms with Gasteiger partial charge >= 0.3 is 0 Å². The molecule has 0 bridgehead atoms. The number of piperidine rings is 1. The van der Waals surface area contributed by atoms with E-state index in [0.29, 0.717) is 37.3 Å². The Bertz CT molecular complexity index is 645. The molecule has 0 aromatic carbocycles. The average molecular weight is 343 g/mol. The highest BCUT2D eigenvalue weighted by Crippen LogP contribution is 2.26. The van der Waals surface area contributed by atoms with Gasteiger partial charge in [-0.1, -0.05) is 6.92 Å². The summed E-state index contributed by atoms with van der Waals surface area (Å²) < 4.78 is 36.6. The van der Waals surface area contributed by atoms with Crippen LogP contribution in [0.1, 0.15) is 50.3 Å². The van der Waals surface area contributed by atoms with Gasteiger partial charge in [-0.3, -0.25) is 0 Å². The fourth-order valence-electron chi connectivity index (χ4n) is 3.32. The number of ether oxygens (including phenoxy) is 1. The van der Waals surface area contributed by atoms with Crippen molar-refractivity contribution in [2.45, 2.75) is 51.8 Å². The molecule has 0 amide bonds. The van der Waals surface area contributed by atoms with Gasteiger partial charge in [0.05, 0.1) is 6.04 Å². The molecule has 1 aromatic rings. The minimum atomic E-state index is -3.49. The molecular formula is C14H25N5O3S. The van der Waals surface area contributed by atoms with Crippen molar-refractivity contribution in [3.05, 3.63) is 11.6 Å². The molecular weight excluding hydrogens is 318 g/mol. The van der Waals surface area contributed by atoms with Crippen LogP contribution in [0.15, 0.2) is 0 Å². The average Bonchev–Trinajstić information content (AvgIpc) is 2.91. The molecule has 0 aliphatic carbocycles. The van der Waals surface area contributed by atoms with Crippen LogP contribution in [-0.2, 0) is 28.1 Å². The lowest BCUT2D eigenvalue weighted by Gasteiger charge is -2.32. The van der Waals surface area contributed by atoms with Crippen LogP contribution in [0.25, 0.3) is 0 Å². The van der Waals surface area contributed by atoms with Gasteiger partial charge in [-0.05, 0) is 31.6 Å². The normalized spacial score (nSPS) is 26.2. The largest absolute Gasteiger partial charge is 0.377 e. The first-order valence-corrected chi connectivity index (χ1v) is 9.63. The van der Waals surface area contributed by atoms with Crippen molar-refractivity contribution in [2.75, 3.05) is 20.2 Å². The quantitative estimate of drug-likeness (QED) is 0.855. The summed E-state index contributed by atoms with van der Waals surface area (Å²) in [6.45, 7) is 4.38. The molecule has 8 nitrogen and oxygen atoms in total. The summed E-state index contributed by atoms with van der Waals surface area (Å²) in [6, 6.07) is -0.316. The number of fused-ring (bicyclic) bond motifs is 1. The van der Waals surface area contributed by atoms with Gasteiger partial charge in [0, 0.05) is 26.7 Å². The van der Waals surface area contributed by atoms with Gasteiger partial charge in [0.25, 0.3) is 10.2 Å². The predicted octanol–water partition coefficient (Wildman–Crippen LogP) is 0.826. The molecule has 1 saturated heterocycles. The van der Waals surface area contributed by atoms with Gasteiger partial charge in [-0.15, -0.1) is 0 Å². The Morgan fingerprint density at radius 3 is 2.83 bits per heavy atom. The molecule has 2 aliphatic heterocycles. The summed E-state index contributed by atoms with van der Waals surface area (Å²) in [5, 5.41) is 4.38. The first kappa shape index (κ1) is 16.8. The Labute approximate surface area is 137 Å². The number of nitrogens with one attached hydrogen (secondary N) is 1. The van der Waals surface area contributed by atoms with E-state index >= 15 is 0 Å². The zero-order valence-corrected chi connectivity index (χ0v) is 14.5. The Morgan fingerprint density at radius 1 is 1.30 bits per heavy atom. The second-order valence-corrected chi connectivity index (χ2v) is 8.17. The molecule has 2 aliphatic rings. The van der Waals surface area contributed by atoms with Crippen LogP contribution in [0.4, 0.5) is 0 Å². The van der Waals surface area contributed by atoms with E-state index in [1.54, 1.807) is 16.1 Å². The monoisotopic (exact) mass is 343 g/mol. The van der Waals surface area contributed by atoms with E-state index in [2.05, 4.69) is 21.7 Å². The molecule has 23 heavy (non-hydrogen) atoms. The lowest BCUT2D eigenvalue weighted by Crippen LogP contribution is -2.47. The Kier molecular flexibility index (Phi) is 5.00. The standard InChI is InChI=1S/C14H25N5O3S/c1-11-5-3-7-18(9-11)23(20,21)17-12-6-4-8-19-14(12)15-13(16-19)10-22-2/h11-12,17H,3-10H2,1-2H3/t11-,12+/m0/s1. The van der Waals surface area contributed by atoms with Crippen molar-refractivity contribution >= 4 is 10.2 Å². The maximum absolute atomic E-state index is 12.7. The maximum Gasteiger partial charge on any atom is 0.280 e. The van der Waals surface area contributed by atoms with Crippen LogP contribution in [0.5, 0.6) is 0 Å². The maximum atomic E-state index is 12.7. The van der Waals surface area contributed by atoms with Crippen molar-refractivity contribution in [1.29, 1.82) is 0 Å². The van der Waals surface area contributed by atoms with Crippen molar-refractivity contribution < 1.29 is 13.2 Å². The van der Waals surface area contributed by atoms with E-state index in [-0.39, 0.29) is 6.04 Å². The van der Waals surface area contributed by atoms with Crippen LogP contribution in [-0.4, -0.2) is 47.7 Å². The van der Waals surface area contributed by atoms with Crippen LogP contribution in [0.2, 0.25) is 0 Å². The smallest absolute Gasteiger partial charge is 0.280 e.